The Kier molecular flexibility index (Phi) is 5.74. The van der Waals surface area contributed by atoms with Crippen LogP contribution in [0.15, 0.2) is 24.3 Å². The molecule has 1 aliphatic rings. The molecule has 3 nitrogen and oxygen atoms in total. The van der Waals surface area contributed by atoms with Gasteiger partial charge in [0, 0.05) is 18.5 Å². The fourth-order valence-electron chi connectivity index (χ4n) is 2.95. The second kappa shape index (κ2) is 7.55. The van der Waals surface area contributed by atoms with Gasteiger partial charge < -0.3 is 10.6 Å². The lowest BCUT2D eigenvalue weighted by atomic mass is 9.90. The van der Waals surface area contributed by atoms with Crippen molar-refractivity contribution in [3.8, 4) is 0 Å². The number of hydrogen-bond donors (Lipinski definition) is 2. The first-order valence-corrected chi connectivity index (χ1v) is 7.82. The molecule has 3 unspecified atom stereocenters. The smallest absolute Gasteiger partial charge is 0.221 e. The van der Waals surface area contributed by atoms with Gasteiger partial charge in [0.05, 0.1) is 0 Å². The van der Waals surface area contributed by atoms with Crippen LogP contribution in [0, 0.1) is 11.7 Å². The summed E-state index contributed by atoms with van der Waals surface area (Å²) >= 11 is 0. The Morgan fingerprint density at radius 1 is 1.43 bits per heavy atom. The van der Waals surface area contributed by atoms with Crippen LogP contribution in [0.3, 0.4) is 0 Å². The SMILES string of the molecule is CC(Cc1ccc(F)cc1)NC(=O)CC1NCCCC1C. The van der Waals surface area contributed by atoms with E-state index in [9.17, 15) is 9.18 Å². The van der Waals surface area contributed by atoms with E-state index < -0.39 is 0 Å². The van der Waals surface area contributed by atoms with E-state index in [1.807, 2.05) is 6.92 Å². The minimum Gasteiger partial charge on any atom is -0.353 e. The van der Waals surface area contributed by atoms with Crippen molar-refractivity contribution in [2.45, 2.75) is 51.6 Å². The summed E-state index contributed by atoms with van der Waals surface area (Å²) in [5, 5.41) is 6.46. The highest BCUT2D eigenvalue weighted by atomic mass is 19.1. The lowest BCUT2D eigenvalue weighted by Crippen LogP contribution is -2.45. The molecule has 1 aliphatic heterocycles. The number of carbonyl (C=O) groups is 1. The third-order valence-corrected chi connectivity index (χ3v) is 4.20. The Hall–Kier alpha value is -1.42. The van der Waals surface area contributed by atoms with Gasteiger partial charge in [-0.2, -0.15) is 0 Å². The Morgan fingerprint density at radius 3 is 2.81 bits per heavy atom. The molecular formula is C17H25FN2O. The van der Waals surface area contributed by atoms with Gasteiger partial charge in [-0.05, 0) is 56.3 Å². The topological polar surface area (TPSA) is 41.1 Å². The maximum Gasteiger partial charge on any atom is 0.221 e. The van der Waals surface area contributed by atoms with Crippen molar-refractivity contribution in [1.29, 1.82) is 0 Å². The van der Waals surface area contributed by atoms with Gasteiger partial charge in [0.2, 0.25) is 5.91 Å². The van der Waals surface area contributed by atoms with Gasteiger partial charge in [-0.3, -0.25) is 4.79 Å². The highest BCUT2D eigenvalue weighted by Crippen LogP contribution is 2.18. The van der Waals surface area contributed by atoms with Gasteiger partial charge in [-0.15, -0.1) is 0 Å². The molecule has 1 saturated heterocycles. The van der Waals surface area contributed by atoms with Gasteiger partial charge in [0.15, 0.2) is 0 Å². The monoisotopic (exact) mass is 292 g/mol. The Balaban J connectivity index is 1.77. The van der Waals surface area contributed by atoms with Crippen LogP contribution in [-0.2, 0) is 11.2 Å². The summed E-state index contributed by atoms with van der Waals surface area (Å²) in [5.74, 6) is 0.417. The van der Waals surface area contributed by atoms with Gasteiger partial charge in [-0.1, -0.05) is 19.1 Å². The molecule has 0 spiro atoms. The second-order valence-electron chi connectivity index (χ2n) is 6.18. The fourth-order valence-corrected chi connectivity index (χ4v) is 2.95. The fraction of sp³-hybridized carbons (Fsp3) is 0.588. The molecule has 116 valence electrons. The number of benzene rings is 1. The summed E-state index contributed by atoms with van der Waals surface area (Å²) in [6, 6.07) is 6.79. The van der Waals surface area contributed by atoms with Crippen LogP contribution in [0.25, 0.3) is 0 Å². The number of amides is 1. The predicted octanol–water partition coefficient (Wildman–Crippen LogP) is 2.65. The van der Waals surface area contributed by atoms with Crippen molar-refractivity contribution >= 4 is 5.91 Å². The first kappa shape index (κ1) is 16.0. The third-order valence-electron chi connectivity index (χ3n) is 4.20. The van der Waals surface area contributed by atoms with E-state index in [0.29, 0.717) is 12.3 Å². The Bertz CT molecular complexity index is 460. The molecule has 1 fully saturated rings. The molecule has 1 heterocycles. The van der Waals surface area contributed by atoms with Crippen LogP contribution in [0.4, 0.5) is 4.39 Å². The number of halogens is 1. The first-order valence-electron chi connectivity index (χ1n) is 7.82. The molecule has 0 saturated carbocycles. The summed E-state index contributed by atoms with van der Waals surface area (Å²) in [6.45, 7) is 5.19. The van der Waals surface area contributed by atoms with E-state index in [4.69, 9.17) is 0 Å². The van der Waals surface area contributed by atoms with Gasteiger partial charge in [-0.25, -0.2) is 4.39 Å². The number of rotatable bonds is 5. The zero-order chi connectivity index (χ0) is 15.2. The van der Waals surface area contributed by atoms with E-state index in [-0.39, 0.29) is 23.8 Å². The van der Waals surface area contributed by atoms with Gasteiger partial charge in [0.25, 0.3) is 0 Å². The molecule has 21 heavy (non-hydrogen) atoms. The molecule has 4 heteroatoms. The average molecular weight is 292 g/mol. The summed E-state index contributed by atoms with van der Waals surface area (Å²) in [7, 11) is 0. The molecule has 3 atom stereocenters. The minimum atomic E-state index is -0.229. The number of piperidine rings is 1. The highest BCUT2D eigenvalue weighted by molar-refractivity contribution is 5.77. The summed E-state index contributed by atoms with van der Waals surface area (Å²) in [6.07, 6.45) is 3.64. The van der Waals surface area contributed by atoms with E-state index in [2.05, 4.69) is 17.6 Å². The van der Waals surface area contributed by atoms with E-state index in [1.165, 1.54) is 25.0 Å². The van der Waals surface area contributed by atoms with Crippen LogP contribution in [0.1, 0.15) is 38.7 Å². The van der Waals surface area contributed by atoms with E-state index in [0.717, 1.165) is 18.5 Å². The highest BCUT2D eigenvalue weighted by Gasteiger charge is 2.23. The number of hydrogen-bond acceptors (Lipinski definition) is 2. The molecule has 1 aromatic rings. The number of carbonyl (C=O) groups excluding carboxylic acids is 1. The molecule has 1 amide bonds. The van der Waals surface area contributed by atoms with E-state index >= 15 is 0 Å². The average Bonchev–Trinajstić information content (AvgIpc) is 2.44. The molecule has 0 bridgehead atoms. The van der Waals surface area contributed by atoms with Gasteiger partial charge in [0.1, 0.15) is 5.82 Å². The molecule has 0 aliphatic carbocycles. The summed E-state index contributed by atoms with van der Waals surface area (Å²) in [5.41, 5.74) is 1.04. The molecule has 0 aromatic heterocycles. The molecule has 1 aromatic carbocycles. The normalized spacial score (nSPS) is 23.6. The van der Waals surface area contributed by atoms with Crippen molar-refractivity contribution in [2.24, 2.45) is 5.92 Å². The van der Waals surface area contributed by atoms with Crippen molar-refractivity contribution in [3.05, 3.63) is 35.6 Å². The van der Waals surface area contributed by atoms with Crippen LogP contribution < -0.4 is 10.6 Å². The van der Waals surface area contributed by atoms with Crippen LogP contribution in [0.5, 0.6) is 0 Å². The first-order chi connectivity index (χ1) is 10.0. The zero-order valence-corrected chi connectivity index (χ0v) is 12.9. The second-order valence-corrected chi connectivity index (χ2v) is 6.18. The standard InChI is InChI=1S/C17H25FN2O/c1-12-4-3-9-19-16(12)11-17(21)20-13(2)10-14-5-7-15(18)8-6-14/h5-8,12-13,16,19H,3-4,9-11H2,1-2H3,(H,20,21). The molecule has 0 radical (unpaired) electrons. The van der Waals surface area contributed by atoms with Crippen molar-refractivity contribution < 1.29 is 9.18 Å². The third kappa shape index (κ3) is 5.12. The predicted molar refractivity (Wildman–Crippen MR) is 82.5 cm³/mol. The summed E-state index contributed by atoms with van der Waals surface area (Å²) < 4.78 is 12.9. The van der Waals surface area contributed by atoms with E-state index in [1.54, 1.807) is 12.1 Å². The lowest BCUT2D eigenvalue weighted by Gasteiger charge is -2.30. The van der Waals surface area contributed by atoms with Crippen LogP contribution in [0.2, 0.25) is 0 Å². The summed E-state index contributed by atoms with van der Waals surface area (Å²) in [4.78, 5) is 12.1. The Labute approximate surface area is 126 Å². The largest absolute Gasteiger partial charge is 0.353 e. The molecule has 2 N–H and O–H groups in total. The van der Waals surface area contributed by atoms with Crippen molar-refractivity contribution in [2.75, 3.05) is 6.54 Å². The maximum absolute atomic E-state index is 12.9. The Morgan fingerprint density at radius 2 is 2.14 bits per heavy atom. The number of nitrogens with one attached hydrogen (secondary N) is 2. The molecule has 2 rings (SSSR count). The van der Waals surface area contributed by atoms with Crippen molar-refractivity contribution in [1.82, 2.24) is 10.6 Å². The van der Waals surface area contributed by atoms with Gasteiger partial charge >= 0.3 is 0 Å². The lowest BCUT2D eigenvalue weighted by molar-refractivity contribution is -0.122. The molecular weight excluding hydrogens is 267 g/mol. The quantitative estimate of drug-likeness (QED) is 0.876. The van der Waals surface area contributed by atoms with Crippen LogP contribution in [-0.4, -0.2) is 24.5 Å². The minimum absolute atomic E-state index is 0.0573. The maximum atomic E-state index is 12.9. The zero-order valence-electron chi connectivity index (χ0n) is 12.9. The van der Waals surface area contributed by atoms with Crippen molar-refractivity contribution in [3.63, 3.8) is 0 Å². The van der Waals surface area contributed by atoms with Crippen LogP contribution >= 0.6 is 0 Å².